The highest BCUT2D eigenvalue weighted by molar-refractivity contribution is 7.73. The second kappa shape index (κ2) is 6.38. The lowest BCUT2D eigenvalue weighted by Crippen LogP contribution is -2.14. The Morgan fingerprint density at radius 2 is 2.22 bits per heavy atom. The van der Waals surface area contributed by atoms with Crippen molar-refractivity contribution in [3.8, 4) is 11.3 Å². The van der Waals surface area contributed by atoms with Gasteiger partial charge in [0.25, 0.3) is 0 Å². The number of nitrogens with zero attached hydrogens (tertiary/aromatic N) is 1. The van der Waals surface area contributed by atoms with Crippen LogP contribution in [0.3, 0.4) is 0 Å². The number of amides is 1. The molecule has 120 valence electrons. The van der Waals surface area contributed by atoms with Crippen molar-refractivity contribution in [1.29, 1.82) is 0 Å². The summed E-state index contributed by atoms with van der Waals surface area (Å²) in [6, 6.07) is 1.95. The number of carbonyl (C=O) groups excluding carboxylic acids is 1. The molecular formula is C15H15N3O2S3. The summed E-state index contributed by atoms with van der Waals surface area (Å²) in [5, 5.41) is 5.34. The first kappa shape index (κ1) is 16.1. The van der Waals surface area contributed by atoms with E-state index in [9.17, 15) is 4.79 Å². The molecule has 0 saturated heterocycles. The first-order valence-electron chi connectivity index (χ1n) is 6.93. The SMILES string of the molecule is Cc1cc(-c2csc(NC(=O)Cc3sc(=S)[nH]c3C)n2)c(C)o1. The average Bonchev–Trinajstić information content (AvgIpc) is 3.11. The van der Waals surface area contributed by atoms with Crippen molar-refractivity contribution >= 4 is 45.9 Å². The van der Waals surface area contributed by atoms with Gasteiger partial charge >= 0.3 is 0 Å². The lowest BCUT2D eigenvalue weighted by molar-refractivity contribution is -0.115. The first-order chi connectivity index (χ1) is 10.9. The Bertz CT molecular complexity index is 917. The Hall–Kier alpha value is -1.77. The molecule has 3 rings (SSSR count). The normalized spacial score (nSPS) is 10.9. The summed E-state index contributed by atoms with van der Waals surface area (Å²) in [5.41, 5.74) is 2.71. The second-order valence-electron chi connectivity index (χ2n) is 5.15. The number of aryl methyl sites for hydroxylation is 3. The zero-order valence-electron chi connectivity index (χ0n) is 12.9. The van der Waals surface area contributed by atoms with E-state index in [4.69, 9.17) is 16.6 Å². The van der Waals surface area contributed by atoms with Gasteiger partial charge in [-0.3, -0.25) is 4.79 Å². The van der Waals surface area contributed by atoms with Gasteiger partial charge in [-0.15, -0.1) is 22.7 Å². The largest absolute Gasteiger partial charge is 0.466 e. The van der Waals surface area contributed by atoms with Crippen LogP contribution in [0, 0.1) is 24.7 Å². The maximum Gasteiger partial charge on any atom is 0.231 e. The first-order valence-corrected chi connectivity index (χ1v) is 9.04. The van der Waals surface area contributed by atoms with E-state index in [1.807, 2.05) is 32.2 Å². The fourth-order valence-electron chi connectivity index (χ4n) is 2.25. The van der Waals surface area contributed by atoms with E-state index in [-0.39, 0.29) is 5.91 Å². The molecular weight excluding hydrogens is 350 g/mol. The van der Waals surface area contributed by atoms with E-state index in [2.05, 4.69) is 15.3 Å². The van der Waals surface area contributed by atoms with Crippen LogP contribution in [0.15, 0.2) is 15.9 Å². The van der Waals surface area contributed by atoms with Crippen LogP contribution in [0.4, 0.5) is 5.13 Å². The standard InChI is InChI=1S/C15H15N3O2S3/c1-7-4-10(9(3)20-7)11-6-22-14(17-11)18-13(19)5-12-8(2)16-15(21)23-12/h4,6H,5H2,1-3H3,(H,16,21)(H,17,18,19). The Morgan fingerprint density at radius 1 is 1.43 bits per heavy atom. The van der Waals surface area contributed by atoms with Crippen LogP contribution in [0.2, 0.25) is 0 Å². The fourth-order valence-corrected chi connectivity index (χ4v) is 4.27. The number of anilines is 1. The van der Waals surface area contributed by atoms with Gasteiger partial charge in [0.2, 0.25) is 5.91 Å². The van der Waals surface area contributed by atoms with Crippen LogP contribution in [-0.2, 0) is 11.2 Å². The lowest BCUT2D eigenvalue weighted by Gasteiger charge is -2.00. The van der Waals surface area contributed by atoms with Crippen LogP contribution in [0.25, 0.3) is 11.3 Å². The predicted octanol–water partition coefficient (Wildman–Crippen LogP) is 4.63. The van der Waals surface area contributed by atoms with Gasteiger partial charge in [-0.05, 0) is 39.1 Å². The molecule has 0 aromatic carbocycles. The summed E-state index contributed by atoms with van der Waals surface area (Å²) in [6.45, 7) is 5.72. The molecule has 0 radical (unpaired) electrons. The smallest absolute Gasteiger partial charge is 0.231 e. The van der Waals surface area contributed by atoms with Crippen molar-refractivity contribution < 1.29 is 9.21 Å². The molecule has 0 saturated carbocycles. The van der Waals surface area contributed by atoms with Gasteiger partial charge in [-0.2, -0.15) is 0 Å². The van der Waals surface area contributed by atoms with Gasteiger partial charge < -0.3 is 14.7 Å². The highest BCUT2D eigenvalue weighted by Gasteiger charge is 2.14. The van der Waals surface area contributed by atoms with Gasteiger partial charge in [0.15, 0.2) is 9.09 Å². The van der Waals surface area contributed by atoms with E-state index in [1.54, 1.807) is 0 Å². The van der Waals surface area contributed by atoms with E-state index in [0.29, 0.717) is 15.5 Å². The predicted molar refractivity (Wildman–Crippen MR) is 95.9 cm³/mol. The highest BCUT2D eigenvalue weighted by Crippen LogP contribution is 2.29. The summed E-state index contributed by atoms with van der Waals surface area (Å²) in [5.74, 6) is 1.58. The van der Waals surface area contributed by atoms with Crippen molar-refractivity contribution in [1.82, 2.24) is 9.97 Å². The summed E-state index contributed by atoms with van der Waals surface area (Å²) in [6.07, 6.45) is 0.294. The molecule has 0 unspecified atom stereocenters. The Morgan fingerprint density at radius 3 is 2.83 bits per heavy atom. The number of aromatic nitrogens is 2. The molecule has 3 aromatic heterocycles. The number of aromatic amines is 1. The third-order valence-electron chi connectivity index (χ3n) is 3.31. The van der Waals surface area contributed by atoms with E-state index in [0.717, 1.165) is 33.3 Å². The molecule has 0 bridgehead atoms. The number of rotatable bonds is 4. The minimum atomic E-state index is -0.0978. The molecule has 8 heteroatoms. The van der Waals surface area contributed by atoms with E-state index >= 15 is 0 Å². The zero-order valence-corrected chi connectivity index (χ0v) is 15.3. The van der Waals surface area contributed by atoms with Crippen molar-refractivity contribution in [2.75, 3.05) is 5.32 Å². The summed E-state index contributed by atoms with van der Waals surface area (Å²) >= 11 is 7.92. The van der Waals surface area contributed by atoms with E-state index in [1.165, 1.54) is 22.7 Å². The summed E-state index contributed by atoms with van der Waals surface area (Å²) in [7, 11) is 0. The Labute approximate surface area is 146 Å². The third kappa shape index (κ3) is 3.60. The van der Waals surface area contributed by atoms with Crippen LogP contribution >= 0.6 is 34.9 Å². The number of carbonyl (C=O) groups is 1. The Balaban J connectivity index is 1.71. The fraction of sp³-hybridized carbons (Fsp3) is 0.267. The molecule has 0 aliphatic heterocycles. The van der Waals surface area contributed by atoms with Crippen LogP contribution in [0.5, 0.6) is 0 Å². The van der Waals surface area contributed by atoms with Crippen molar-refractivity contribution in [2.45, 2.75) is 27.2 Å². The number of furan rings is 1. The molecule has 5 nitrogen and oxygen atoms in total. The molecule has 2 N–H and O–H groups in total. The van der Waals surface area contributed by atoms with Crippen molar-refractivity contribution in [3.05, 3.63) is 37.5 Å². The van der Waals surface area contributed by atoms with E-state index < -0.39 is 0 Å². The summed E-state index contributed by atoms with van der Waals surface area (Å²) < 4.78 is 6.21. The lowest BCUT2D eigenvalue weighted by atomic mass is 10.2. The molecule has 3 heterocycles. The molecule has 0 aliphatic carbocycles. The molecule has 0 fully saturated rings. The molecule has 23 heavy (non-hydrogen) atoms. The van der Waals surface area contributed by atoms with Gasteiger partial charge in [0.05, 0.1) is 12.1 Å². The van der Waals surface area contributed by atoms with Crippen LogP contribution in [-0.4, -0.2) is 15.9 Å². The zero-order chi connectivity index (χ0) is 16.6. The highest BCUT2D eigenvalue weighted by atomic mass is 32.1. The Kier molecular flexibility index (Phi) is 4.47. The van der Waals surface area contributed by atoms with Gasteiger partial charge in [0, 0.05) is 21.5 Å². The minimum Gasteiger partial charge on any atom is -0.466 e. The van der Waals surface area contributed by atoms with Crippen LogP contribution < -0.4 is 5.32 Å². The monoisotopic (exact) mass is 365 g/mol. The van der Waals surface area contributed by atoms with Gasteiger partial charge in [-0.1, -0.05) is 0 Å². The molecule has 0 atom stereocenters. The van der Waals surface area contributed by atoms with Crippen LogP contribution in [0.1, 0.15) is 22.1 Å². The number of hydrogen-bond acceptors (Lipinski definition) is 6. The topological polar surface area (TPSA) is 70.9 Å². The van der Waals surface area contributed by atoms with Crippen molar-refractivity contribution in [3.63, 3.8) is 0 Å². The van der Waals surface area contributed by atoms with Crippen molar-refractivity contribution in [2.24, 2.45) is 0 Å². The maximum absolute atomic E-state index is 12.2. The molecule has 0 aliphatic rings. The molecule has 1 amide bonds. The van der Waals surface area contributed by atoms with Gasteiger partial charge in [-0.25, -0.2) is 4.98 Å². The molecule has 0 spiro atoms. The maximum atomic E-state index is 12.2. The average molecular weight is 366 g/mol. The number of H-pyrrole nitrogens is 1. The number of nitrogens with one attached hydrogen (secondary N) is 2. The summed E-state index contributed by atoms with van der Waals surface area (Å²) in [4.78, 5) is 20.6. The molecule has 3 aromatic rings. The third-order valence-corrected chi connectivity index (χ3v) is 5.41. The quantitative estimate of drug-likeness (QED) is 0.661. The number of thiazole rings is 2. The minimum absolute atomic E-state index is 0.0978. The number of hydrogen-bond donors (Lipinski definition) is 2. The second-order valence-corrected chi connectivity index (χ2v) is 7.78. The van der Waals surface area contributed by atoms with Gasteiger partial charge in [0.1, 0.15) is 11.5 Å².